The van der Waals surface area contributed by atoms with E-state index in [0.29, 0.717) is 35.7 Å². The number of ether oxygens (including phenoxy) is 3. The van der Waals surface area contributed by atoms with Gasteiger partial charge in [-0.1, -0.05) is 37.8 Å². The second-order valence-electron chi connectivity index (χ2n) is 16.1. The van der Waals surface area contributed by atoms with Crippen molar-refractivity contribution < 1.29 is 51.7 Å². The van der Waals surface area contributed by atoms with Crippen molar-refractivity contribution in [1.82, 2.24) is 39.5 Å². The van der Waals surface area contributed by atoms with Crippen molar-refractivity contribution in [3.8, 4) is 23.0 Å². The zero-order valence-corrected chi connectivity index (χ0v) is 38.1. The van der Waals surface area contributed by atoms with Crippen molar-refractivity contribution in [2.45, 2.75) is 64.3 Å². The van der Waals surface area contributed by atoms with Gasteiger partial charge < -0.3 is 34.0 Å². The molecule has 0 bridgehead atoms. The van der Waals surface area contributed by atoms with Crippen LogP contribution in [0.2, 0.25) is 0 Å². The minimum absolute atomic E-state index is 0.000920. The summed E-state index contributed by atoms with van der Waals surface area (Å²) >= 11 is -2.83. The molecular formula is C45H50N9O12S-. The monoisotopic (exact) mass is 940 g/mol. The Morgan fingerprint density at radius 1 is 0.821 bits per heavy atom. The van der Waals surface area contributed by atoms with Crippen LogP contribution >= 0.6 is 0 Å². The van der Waals surface area contributed by atoms with E-state index >= 15 is 0 Å². The standard InChI is InChI=1S/C45H51N9O12S/c1-27-48-37(24-50(27)2)54(67(62)63)34-22-32-33(52(4)45(61)51(32)3)23-36(34)66-29-14-11-13-28(21-29)64-25-39(56)46-19-9-7-5-6-8-10-20-47-40(57)26-65-35-16-12-15-30-41(35)44(60)53(43(30)59)31-17-18-38(55)49-42(31)58/h11-16,21-24,31H,5-10,17-20,25-26H2,1-4H3,(H,46,56)(H,47,57)(H,62,63)(H,49,55,58)/p-1. The van der Waals surface area contributed by atoms with E-state index in [4.69, 9.17) is 14.2 Å². The first-order valence-corrected chi connectivity index (χ1v) is 22.7. The lowest BCUT2D eigenvalue weighted by Gasteiger charge is -2.27. The topological polar surface area (TPSA) is 258 Å². The van der Waals surface area contributed by atoms with Crippen LogP contribution in [0, 0.1) is 6.92 Å². The molecule has 2 aromatic heterocycles. The summed E-state index contributed by atoms with van der Waals surface area (Å²) in [6.45, 7) is 1.98. The quantitative estimate of drug-likeness (QED) is 0.0544. The van der Waals surface area contributed by atoms with E-state index in [1.54, 1.807) is 75.2 Å². The van der Waals surface area contributed by atoms with Gasteiger partial charge in [0, 0.05) is 59.0 Å². The Hall–Kier alpha value is -7.33. The zero-order chi connectivity index (χ0) is 47.9. The molecule has 67 heavy (non-hydrogen) atoms. The summed E-state index contributed by atoms with van der Waals surface area (Å²) in [5, 5.41) is 7.80. The van der Waals surface area contributed by atoms with Gasteiger partial charge in [0.15, 0.2) is 24.8 Å². The second-order valence-corrected chi connectivity index (χ2v) is 16.9. The lowest BCUT2D eigenvalue weighted by Crippen LogP contribution is -2.54. The first-order valence-electron chi connectivity index (χ1n) is 21.6. The third-order valence-electron chi connectivity index (χ3n) is 11.5. The van der Waals surface area contributed by atoms with Gasteiger partial charge in [-0.15, -0.1) is 0 Å². The molecular weight excluding hydrogens is 891 g/mol. The molecule has 2 unspecified atom stereocenters. The van der Waals surface area contributed by atoms with Crippen molar-refractivity contribution in [3.63, 3.8) is 0 Å². The van der Waals surface area contributed by atoms with E-state index in [1.165, 1.54) is 27.3 Å². The minimum atomic E-state index is -2.83. The number of amides is 6. The minimum Gasteiger partial charge on any atom is -0.755 e. The van der Waals surface area contributed by atoms with Crippen LogP contribution in [0.3, 0.4) is 0 Å². The molecule has 22 heteroatoms. The Bertz CT molecular complexity index is 2810. The van der Waals surface area contributed by atoms with Crippen LogP contribution in [0.25, 0.3) is 11.0 Å². The van der Waals surface area contributed by atoms with E-state index in [0.717, 1.165) is 47.7 Å². The highest BCUT2D eigenvalue weighted by atomic mass is 32.2. The van der Waals surface area contributed by atoms with Crippen LogP contribution < -0.4 is 40.2 Å². The maximum absolute atomic E-state index is 13.2. The number of imide groups is 2. The summed E-state index contributed by atoms with van der Waals surface area (Å²) in [5.41, 5.74) is 0.834. The zero-order valence-electron chi connectivity index (χ0n) is 37.3. The molecule has 3 aromatic carbocycles. The van der Waals surface area contributed by atoms with Gasteiger partial charge in [0.05, 0.1) is 33.4 Å². The van der Waals surface area contributed by atoms with E-state index in [2.05, 4.69) is 20.9 Å². The predicted octanol–water partition coefficient (Wildman–Crippen LogP) is 3.08. The fraction of sp³-hybridized carbons (Fsp3) is 0.378. The number of piperidine rings is 1. The van der Waals surface area contributed by atoms with Gasteiger partial charge in [-0.25, -0.2) is 14.1 Å². The third kappa shape index (κ3) is 10.7. The highest BCUT2D eigenvalue weighted by Crippen LogP contribution is 2.40. The summed E-state index contributed by atoms with van der Waals surface area (Å²) in [6, 6.07) is 13.0. The number of nitrogens with one attached hydrogen (secondary N) is 3. The molecule has 0 saturated carbocycles. The van der Waals surface area contributed by atoms with Gasteiger partial charge in [-0.2, -0.15) is 0 Å². The van der Waals surface area contributed by atoms with E-state index in [1.807, 2.05) is 0 Å². The summed E-state index contributed by atoms with van der Waals surface area (Å²) < 4.78 is 48.5. The maximum Gasteiger partial charge on any atom is 0.328 e. The Labute approximate surface area is 386 Å². The van der Waals surface area contributed by atoms with Gasteiger partial charge >= 0.3 is 5.69 Å². The fourth-order valence-corrected chi connectivity index (χ4v) is 8.38. The number of imidazole rings is 2. The highest BCUT2D eigenvalue weighted by Gasteiger charge is 2.46. The second kappa shape index (κ2) is 20.9. The summed E-state index contributed by atoms with van der Waals surface area (Å²) in [7, 11) is 4.94. The van der Waals surface area contributed by atoms with Crippen LogP contribution in [-0.4, -0.2) is 100 Å². The summed E-state index contributed by atoms with van der Waals surface area (Å²) in [6.07, 6.45) is 6.68. The molecule has 354 valence electrons. The first kappa shape index (κ1) is 47.6. The molecule has 3 N–H and O–H groups in total. The van der Waals surface area contributed by atoms with Gasteiger partial charge in [-0.05, 0) is 56.5 Å². The molecule has 0 radical (unpaired) electrons. The molecule has 6 amide bonds. The number of carbonyl (C=O) groups is 6. The number of aryl methyl sites for hydroxylation is 4. The number of hydrogen-bond donors (Lipinski definition) is 3. The Balaban J connectivity index is 0.799. The maximum atomic E-state index is 13.2. The number of unbranched alkanes of at least 4 members (excludes halogenated alkanes) is 5. The van der Waals surface area contributed by atoms with E-state index in [-0.39, 0.29) is 77.5 Å². The van der Waals surface area contributed by atoms with Crippen LogP contribution in [-0.2, 0) is 51.6 Å². The number of nitrogens with zero attached hydrogens (tertiary/aromatic N) is 6. The number of aromatic nitrogens is 4. The molecule has 0 aliphatic carbocycles. The van der Waals surface area contributed by atoms with Crippen LogP contribution in [0.1, 0.15) is 77.9 Å². The lowest BCUT2D eigenvalue weighted by atomic mass is 10.0. The molecule has 1 fully saturated rings. The van der Waals surface area contributed by atoms with Crippen molar-refractivity contribution in [2.24, 2.45) is 21.1 Å². The van der Waals surface area contributed by atoms with Gasteiger partial charge in [0.2, 0.25) is 11.8 Å². The number of anilines is 2. The fourth-order valence-electron chi connectivity index (χ4n) is 7.84. The lowest BCUT2D eigenvalue weighted by molar-refractivity contribution is -0.136. The Kier molecular flexibility index (Phi) is 14.8. The molecule has 21 nitrogen and oxygen atoms in total. The average Bonchev–Trinajstić information content (AvgIpc) is 3.84. The molecule has 2 aliphatic rings. The smallest absolute Gasteiger partial charge is 0.328 e. The molecule has 2 aliphatic heterocycles. The average molecular weight is 941 g/mol. The molecule has 0 spiro atoms. The normalized spacial score (nSPS) is 15.1. The van der Waals surface area contributed by atoms with Crippen molar-refractivity contribution in [2.75, 3.05) is 30.6 Å². The van der Waals surface area contributed by atoms with Crippen molar-refractivity contribution in [1.29, 1.82) is 0 Å². The van der Waals surface area contributed by atoms with E-state index in [9.17, 15) is 42.3 Å². The SMILES string of the molecule is Cc1nc(N(c2cc3c(cc2Oc2cccc(OCC(=O)NCCCCCCCCNC(=O)COc4cccc5c4C(=O)N(C4CCC(=O)NC4=O)C5=O)c2)n(C)c(=O)n3C)S(=O)[O-])cn1C. The molecule has 2 atom stereocenters. The Morgan fingerprint density at radius 2 is 1.45 bits per heavy atom. The molecule has 7 rings (SSSR count). The Morgan fingerprint density at radius 3 is 2.09 bits per heavy atom. The molecule has 4 heterocycles. The van der Waals surface area contributed by atoms with Crippen molar-refractivity contribution >= 4 is 69.2 Å². The van der Waals surface area contributed by atoms with Crippen LogP contribution in [0.15, 0.2) is 65.6 Å². The number of rotatable bonds is 21. The number of benzene rings is 3. The van der Waals surface area contributed by atoms with Crippen LogP contribution in [0.5, 0.6) is 23.0 Å². The van der Waals surface area contributed by atoms with Crippen LogP contribution in [0.4, 0.5) is 11.5 Å². The summed E-state index contributed by atoms with van der Waals surface area (Å²) in [5.74, 6) is -1.77. The predicted molar refractivity (Wildman–Crippen MR) is 242 cm³/mol. The highest BCUT2D eigenvalue weighted by molar-refractivity contribution is 7.81. The molecule has 1 saturated heterocycles. The number of fused-ring (bicyclic) bond motifs is 2. The first-order chi connectivity index (χ1) is 32.1. The summed E-state index contributed by atoms with van der Waals surface area (Å²) in [4.78, 5) is 93.4. The van der Waals surface area contributed by atoms with Gasteiger partial charge in [0.1, 0.15) is 34.8 Å². The third-order valence-corrected chi connectivity index (χ3v) is 12.1. The van der Waals surface area contributed by atoms with Gasteiger partial charge in [0.25, 0.3) is 23.6 Å². The number of carbonyl (C=O) groups excluding carboxylic acids is 6. The largest absolute Gasteiger partial charge is 0.755 e. The van der Waals surface area contributed by atoms with Crippen molar-refractivity contribution in [3.05, 3.63) is 88.2 Å². The number of hydrogen-bond acceptors (Lipinski definition) is 13. The molecule has 5 aromatic rings. The van der Waals surface area contributed by atoms with Gasteiger partial charge in [-0.3, -0.25) is 52.3 Å². The van der Waals surface area contributed by atoms with E-state index < -0.39 is 46.8 Å².